The van der Waals surface area contributed by atoms with E-state index in [0.29, 0.717) is 25.2 Å². The number of rotatable bonds is 7. The van der Waals surface area contributed by atoms with Gasteiger partial charge in [-0.15, -0.1) is 0 Å². The number of nitrogens with one attached hydrogen (secondary N) is 1. The fourth-order valence-corrected chi connectivity index (χ4v) is 4.17. The Morgan fingerprint density at radius 3 is 3.12 bits per heavy atom. The summed E-state index contributed by atoms with van der Waals surface area (Å²) in [4.78, 5) is 19.0. The SMILES string of the molecule is CC(C)OCCCNC(=O)C1CCCN(c2nc3c(F)cccc3s2)C1. The monoisotopic (exact) mass is 379 g/mol. The van der Waals surface area contributed by atoms with Crippen LogP contribution in [-0.4, -0.2) is 43.2 Å². The second-order valence-corrected chi connectivity index (χ2v) is 7.94. The first-order chi connectivity index (χ1) is 12.5. The lowest BCUT2D eigenvalue weighted by Gasteiger charge is -2.31. The van der Waals surface area contributed by atoms with E-state index in [0.717, 1.165) is 35.6 Å². The highest BCUT2D eigenvalue weighted by atomic mass is 32.1. The Kier molecular flexibility index (Phi) is 6.43. The highest BCUT2D eigenvalue weighted by molar-refractivity contribution is 7.22. The zero-order chi connectivity index (χ0) is 18.5. The highest BCUT2D eigenvalue weighted by Gasteiger charge is 2.27. The Balaban J connectivity index is 1.54. The summed E-state index contributed by atoms with van der Waals surface area (Å²) < 4.78 is 20.2. The third-order valence-corrected chi connectivity index (χ3v) is 5.57. The molecule has 7 heteroatoms. The molecule has 142 valence electrons. The minimum Gasteiger partial charge on any atom is -0.379 e. The smallest absolute Gasteiger partial charge is 0.224 e. The van der Waals surface area contributed by atoms with Crippen LogP contribution in [0.25, 0.3) is 10.2 Å². The quantitative estimate of drug-likeness (QED) is 0.747. The Bertz CT molecular complexity index is 749. The molecule has 0 bridgehead atoms. The molecule has 1 unspecified atom stereocenters. The summed E-state index contributed by atoms with van der Waals surface area (Å²) >= 11 is 1.49. The molecule has 1 aliphatic heterocycles. The molecule has 0 saturated carbocycles. The Hall–Kier alpha value is -1.73. The van der Waals surface area contributed by atoms with E-state index >= 15 is 0 Å². The van der Waals surface area contributed by atoms with E-state index in [9.17, 15) is 9.18 Å². The van der Waals surface area contributed by atoms with Gasteiger partial charge >= 0.3 is 0 Å². The molecule has 0 aliphatic carbocycles. The molecule has 0 radical (unpaired) electrons. The summed E-state index contributed by atoms with van der Waals surface area (Å²) in [5.41, 5.74) is 0.421. The number of benzene rings is 1. The Morgan fingerprint density at radius 2 is 2.35 bits per heavy atom. The van der Waals surface area contributed by atoms with Crippen molar-refractivity contribution in [1.29, 1.82) is 0 Å². The minimum absolute atomic E-state index is 0.0494. The lowest BCUT2D eigenvalue weighted by molar-refractivity contribution is -0.125. The zero-order valence-corrected chi connectivity index (χ0v) is 16.2. The number of halogens is 1. The molecule has 1 fully saturated rings. The number of para-hydroxylation sites is 1. The van der Waals surface area contributed by atoms with Crippen LogP contribution in [0.15, 0.2) is 18.2 Å². The number of carbonyl (C=O) groups excluding carboxylic acids is 1. The van der Waals surface area contributed by atoms with E-state index in [-0.39, 0.29) is 23.7 Å². The van der Waals surface area contributed by atoms with Crippen LogP contribution in [-0.2, 0) is 9.53 Å². The van der Waals surface area contributed by atoms with Crippen molar-refractivity contribution in [3.63, 3.8) is 0 Å². The van der Waals surface area contributed by atoms with Crippen molar-refractivity contribution in [2.24, 2.45) is 5.92 Å². The van der Waals surface area contributed by atoms with E-state index in [4.69, 9.17) is 4.74 Å². The number of thiazole rings is 1. The zero-order valence-electron chi connectivity index (χ0n) is 15.3. The maximum absolute atomic E-state index is 13.9. The largest absolute Gasteiger partial charge is 0.379 e. The van der Waals surface area contributed by atoms with Crippen molar-refractivity contribution in [1.82, 2.24) is 10.3 Å². The molecule has 1 N–H and O–H groups in total. The summed E-state index contributed by atoms with van der Waals surface area (Å²) in [5, 5.41) is 3.81. The lowest BCUT2D eigenvalue weighted by atomic mass is 9.97. The van der Waals surface area contributed by atoms with E-state index in [2.05, 4.69) is 15.2 Å². The fraction of sp³-hybridized carbons (Fsp3) is 0.579. The number of aromatic nitrogens is 1. The van der Waals surface area contributed by atoms with Gasteiger partial charge in [0, 0.05) is 26.2 Å². The van der Waals surface area contributed by atoms with Crippen LogP contribution >= 0.6 is 11.3 Å². The number of fused-ring (bicyclic) bond motifs is 1. The first kappa shape index (κ1) is 19.0. The number of hydrogen-bond donors (Lipinski definition) is 1. The van der Waals surface area contributed by atoms with Gasteiger partial charge in [0.2, 0.25) is 5.91 Å². The predicted octanol–water partition coefficient (Wildman–Crippen LogP) is 3.58. The molecular formula is C19H26FN3O2S. The second-order valence-electron chi connectivity index (χ2n) is 6.93. The summed E-state index contributed by atoms with van der Waals surface area (Å²) in [6.45, 7) is 6.79. The fourth-order valence-electron chi connectivity index (χ4n) is 3.15. The minimum atomic E-state index is -0.292. The molecular weight excluding hydrogens is 353 g/mol. The van der Waals surface area contributed by atoms with Crippen LogP contribution < -0.4 is 10.2 Å². The van der Waals surface area contributed by atoms with E-state index in [1.807, 2.05) is 19.9 Å². The number of nitrogens with zero attached hydrogens (tertiary/aromatic N) is 2. The first-order valence-corrected chi connectivity index (χ1v) is 10.1. The molecule has 1 aromatic carbocycles. The molecule has 3 rings (SSSR count). The molecule has 1 amide bonds. The number of hydrogen-bond acceptors (Lipinski definition) is 5. The van der Waals surface area contributed by atoms with Crippen LogP contribution in [0.5, 0.6) is 0 Å². The molecule has 5 nitrogen and oxygen atoms in total. The standard InChI is InChI=1S/C19H26FN3O2S/c1-13(2)25-11-5-9-21-18(24)14-6-4-10-23(12-14)19-22-17-15(20)7-3-8-16(17)26-19/h3,7-8,13-14H,4-6,9-12H2,1-2H3,(H,21,24). The summed E-state index contributed by atoms with van der Waals surface area (Å²) in [5.74, 6) is -0.252. The van der Waals surface area contributed by atoms with Crippen molar-refractivity contribution in [2.75, 3.05) is 31.1 Å². The van der Waals surface area contributed by atoms with Gasteiger partial charge in [-0.05, 0) is 45.2 Å². The first-order valence-electron chi connectivity index (χ1n) is 9.24. The van der Waals surface area contributed by atoms with Crippen LogP contribution in [0, 0.1) is 11.7 Å². The Labute approximate surface area is 157 Å². The molecule has 2 heterocycles. The van der Waals surface area contributed by atoms with Gasteiger partial charge in [0.05, 0.1) is 16.7 Å². The normalized spacial score (nSPS) is 17.8. The third kappa shape index (κ3) is 4.71. The molecule has 1 aliphatic rings. The average molecular weight is 380 g/mol. The molecule has 1 atom stereocenters. The number of amides is 1. The van der Waals surface area contributed by atoms with Gasteiger partial charge in [-0.2, -0.15) is 0 Å². The molecule has 0 spiro atoms. The maximum Gasteiger partial charge on any atom is 0.224 e. The van der Waals surface area contributed by atoms with Gasteiger partial charge in [-0.1, -0.05) is 17.4 Å². The van der Waals surface area contributed by atoms with Crippen LogP contribution in [0.3, 0.4) is 0 Å². The van der Waals surface area contributed by atoms with Gasteiger partial charge in [0.1, 0.15) is 11.3 Å². The van der Waals surface area contributed by atoms with Crippen molar-refractivity contribution in [2.45, 2.75) is 39.2 Å². The highest BCUT2D eigenvalue weighted by Crippen LogP contribution is 2.32. The topological polar surface area (TPSA) is 54.5 Å². The molecule has 1 aromatic heterocycles. The van der Waals surface area contributed by atoms with E-state index in [1.165, 1.54) is 17.4 Å². The van der Waals surface area contributed by atoms with E-state index in [1.54, 1.807) is 6.07 Å². The number of carbonyl (C=O) groups is 1. The van der Waals surface area contributed by atoms with Crippen molar-refractivity contribution in [3.05, 3.63) is 24.0 Å². The molecule has 1 saturated heterocycles. The van der Waals surface area contributed by atoms with Gasteiger partial charge in [-0.25, -0.2) is 9.37 Å². The van der Waals surface area contributed by atoms with Crippen molar-refractivity contribution < 1.29 is 13.9 Å². The van der Waals surface area contributed by atoms with Crippen LogP contribution in [0.1, 0.15) is 33.1 Å². The average Bonchev–Trinajstić information content (AvgIpc) is 3.07. The number of anilines is 1. The third-order valence-electron chi connectivity index (χ3n) is 4.49. The van der Waals surface area contributed by atoms with Crippen LogP contribution in [0.4, 0.5) is 9.52 Å². The van der Waals surface area contributed by atoms with Gasteiger partial charge < -0.3 is 15.0 Å². The summed E-state index contributed by atoms with van der Waals surface area (Å²) in [6, 6.07) is 5.02. The van der Waals surface area contributed by atoms with E-state index < -0.39 is 0 Å². The van der Waals surface area contributed by atoms with Crippen LogP contribution in [0.2, 0.25) is 0 Å². The number of piperidine rings is 1. The second kappa shape index (κ2) is 8.77. The molecule has 26 heavy (non-hydrogen) atoms. The van der Waals surface area contributed by atoms with Gasteiger partial charge in [0.25, 0.3) is 0 Å². The Morgan fingerprint density at radius 1 is 1.50 bits per heavy atom. The molecule has 2 aromatic rings. The predicted molar refractivity (Wildman–Crippen MR) is 103 cm³/mol. The lowest BCUT2D eigenvalue weighted by Crippen LogP contribution is -2.43. The maximum atomic E-state index is 13.9. The van der Waals surface area contributed by atoms with Gasteiger partial charge in [0.15, 0.2) is 5.13 Å². The van der Waals surface area contributed by atoms with Crippen molar-refractivity contribution >= 4 is 32.6 Å². The van der Waals surface area contributed by atoms with Gasteiger partial charge in [-0.3, -0.25) is 4.79 Å². The number of ether oxygens (including phenoxy) is 1. The van der Waals surface area contributed by atoms with Crippen molar-refractivity contribution in [3.8, 4) is 0 Å². The summed E-state index contributed by atoms with van der Waals surface area (Å²) in [7, 11) is 0. The summed E-state index contributed by atoms with van der Waals surface area (Å²) in [6.07, 6.45) is 2.85.